The third kappa shape index (κ3) is 4.80. The summed E-state index contributed by atoms with van der Waals surface area (Å²) in [7, 11) is 1.31. The fraction of sp³-hybridized carbons (Fsp3) is 0.160. The summed E-state index contributed by atoms with van der Waals surface area (Å²) in [5.41, 5.74) is 0.376. The van der Waals surface area contributed by atoms with Crippen molar-refractivity contribution in [2.24, 2.45) is 0 Å². The summed E-state index contributed by atoms with van der Waals surface area (Å²) in [5, 5.41) is 14.0. The van der Waals surface area contributed by atoms with Crippen molar-refractivity contribution < 1.29 is 27.5 Å². The molecule has 0 saturated carbocycles. The molecule has 5 rings (SSSR count). The maximum atomic E-state index is 14.6. The molecule has 1 aromatic heterocycles. The molecule has 1 fully saturated rings. The molecule has 1 aliphatic heterocycles. The molecule has 0 aliphatic carbocycles. The summed E-state index contributed by atoms with van der Waals surface area (Å²) >= 11 is 5.89. The van der Waals surface area contributed by atoms with Gasteiger partial charge in [-0.05, 0) is 48.5 Å². The lowest BCUT2D eigenvalue weighted by Gasteiger charge is -2.19. The number of carbonyl (C=O) groups excluding carboxylic acids is 1. The lowest BCUT2D eigenvalue weighted by atomic mass is 9.93. The molecule has 0 spiro atoms. The van der Waals surface area contributed by atoms with Gasteiger partial charge in [0.25, 0.3) is 0 Å². The number of ether oxygens (including phenoxy) is 2. The van der Waals surface area contributed by atoms with E-state index in [1.165, 1.54) is 7.11 Å². The average Bonchev–Trinajstić information content (AvgIpc) is 3.48. The fourth-order valence-corrected chi connectivity index (χ4v) is 4.05. The predicted octanol–water partition coefficient (Wildman–Crippen LogP) is 5.16. The number of benzene rings is 3. The number of amides is 1. The second kappa shape index (κ2) is 9.82. The van der Waals surface area contributed by atoms with Gasteiger partial charge in [0.2, 0.25) is 11.8 Å². The van der Waals surface area contributed by atoms with Crippen molar-refractivity contribution in [2.45, 2.75) is 12.0 Å². The minimum absolute atomic E-state index is 0.0345. The van der Waals surface area contributed by atoms with Crippen LogP contribution >= 0.6 is 11.6 Å². The van der Waals surface area contributed by atoms with E-state index in [9.17, 15) is 13.6 Å². The van der Waals surface area contributed by atoms with Crippen LogP contribution in [0.15, 0.2) is 65.1 Å². The van der Waals surface area contributed by atoms with E-state index in [2.05, 4.69) is 20.8 Å². The van der Waals surface area contributed by atoms with Gasteiger partial charge in [-0.2, -0.15) is 0 Å². The van der Waals surface area contributed by atoms with Gasteiger partial charge < -0.3 is 24.5 Å². The van der Waals surface area contributed by atoms with Gasteiger partial charge in [0.05, 0.1) is 7.11 Å². The van der Waals surface area contributed by atoms with Crippen LogP contribution in [0.1, 0.15) is 11.5 Å². The number of nitrogens with zero attached hydrogens (tertiary/aromatic N) is 2. The van der Waals surface area contributed by atoms with Gasteiger partial charge in [0.1, 0.15) is 34.9 Å². The van der Waals surface area contributed by atoms with Crippen LogP contribution in [-0.4, -0.2) is 35.8 Å². The molecule has 36 heavy (non-hydrogen) atoms. The lowest BCUT2D eigenvalue weighted by molar-refractivity contribution is -0.119. The van der Waals surface area contributed by atoms with Crippen molar-refractivity contribution in [1.82, 2.24) is 15.5 Å². The maximum Gasteiger partial charge on any atom is 0.316 e. The van der Waals surface area contributed by atoms with Crippen LogP contribution in [0, 0.1) is 11.6 Å². The van der Waals surface area contributed by atoms with Gasteiger partial charge in [0.15, 0.2) is 0 Å². The van der Waals surface area contributed by atoms with E-state index in [0.717, 1.165) is 12.1 Å². The van der Waals surface area contributed by atoms with Crippen LogP contribution in [-0.2, 0) is 4.79 Å². The van der Waals surface area contributed by atoms with Crippen molar-refractivity contribution >= 4 is 23.5 Å². The third-order valence-electron chi connectivity index (χ3n) is 5.69. The Kier molecular flexibility index (Phi) is 6.43. The number of aromatic nitrogens is 2. The first-order valence-corrected chi connectivity index (χ1v) is 11.2. The number of nitrogens with one attached hydrogen (secondary N) is 2. The molecule has 11 heteroatoms. The number of hydrogen-bond acceptors (Lipinski definition) is 7. The molecule has 1 saturated heterocycles. The van der Waals surface area contributed by atoms with E-state index in [0.29, 0.717) is 22.1 Å². The van der Waals surface area contributed by atoms with Crippen molar-refractivity contribution in [3.63, 3.8) is 0 Å². The van der Waals surface area contributed by atoms with E-state index in [4.69, 9.17) is 25.5 Å². The Bertz CT molecular complexity index is 1370. The first-order chi connectivity index (χ1) is 17.4. The molecule has 1 amide bonds. The Balaban J connectivity index is 1.31. The summed E-state index contributed by atoms with van der Waals surface area (Å²) in [4.78, 5) is 12.4. The quantitative estimate of drug-likeness (QED) is 0.353. The van der Waals surface area contributed by atoms with Crippen molar-refractivity contribution in [2.75, 3.05) is 19.0 Å². The molecule has 184 valence electrons. The average molecular weight is 513 g/mol. The van der Waals surface area contributed by atoms with Gasteiger partial charge in [0, 0.05) is 40.7 Å². The normalized spacial score (nSPS) is 17.1. The molecular weight excluding hydrogens is 494 g/mol. The minimum Gasteiger partial charge on any atom is -0.497 e. The summed E-state index contributed by atoms with van der Waals surface area (Å²) in [6, 6.07) is 14.9. The Morgan fingerprint density at radius 3 is 2.28 bits per heavy atom. The Hall–Kier alpha value is -4.18. The molecular formula is C25H19ClF2N4O4. The molecule has 4 aromatic rings. The zero-order valence-corrected chi connectivity index (χ0v) is 19.6. The number of hydrogen-bond donors (Lipinski definition) is 2. The highest BCUT2D eigenvalue weighted by atomic mass is 35.5. The third-order valence-corrected chi connectivity index (χ3v) is 5.95. The molecule has 0 radical (unpaired) electrons. The zero-order chi connectivity index (χ0) is 25.2. The number of anilines is 1. The van der Waals surface area contributed by atoms with E-state index in [1.807, 2.05) is 0 Å². The summed E-state index contributed by atoms with van der Waals surface area (Å²) in [6.07, 6.45) is 0. The molecule has 0 bridgehead atoms. The Morgan fingerprint density at radius 2 is 1.64 bits per heavy atom. The lowest BCUT2D eigenvalue weighted by Crippen LogP contribution is -2.33. The largest absolute Gasteiger partial charge is 0.497 e. The standard InChI is InChI=1S/C25H19ClF2N4O4/c1-34-17-10-19(27)21(20(28)11-17)18-12-29-23(33)22(18)30-25-32-31-24(36-25)13-2-6-15(7-3-13)35-16-8-4-14(26)5-9-16/h2-11,18,22H,12H2,1H3,(H,29,33)(H,30,32). The van der Waals surface area contributed by atoms with Crippen molar-refractivity contribution in [1.29, 1.82) is 0 Å². The van der Waals surface area contributed by atoms with Gasteiger partial charge in [-0.25, -0.2) is 8.78 Å². The van der Waals surface area contributed by atoms with Crippen LogP contribution < -0.4 is 20.1 Å². The number of halogens is 3. The van der Waals surface area contributed by atoms with Crippen LogP contribution in [0.3, 0.4) is 0 Å². The summed E-state index contributed by atoms with van der Waals surface area (Å²) in [6.45, 7) is 0.0345. The van der Waals surface area contributed by atoms with E-state index in [1.54, 1.807) is 48.5 Å². The SMILES string of the molecule is COc1cc(F)c(C2CNC(=O)C2Nc2nnc(-c3ccc(Oc4ccc(Cl)cc4)cc3)o2)c(F)c1. The summed E-state index contributed by atoms with van der Waals surface area (Å²) < 4.78 is 45.6. The molecule has 2 atom stereocenters. The highest BCUT2D eigenvalue weighted by Crippen LogP contribution is 2.33. The Labute approximate surface area is 209 Å². The molecule has 1 aliphatic rings. The first-order valence-electron chi connectivity index (χ1n) is 10.9. The van der Waals surface area contributed by atoms with Gasteiger partial charge in [-0.15, -0.1) is 5.10 Å². The van der Waals surface area contributed by atoms with Gasteiger partial charge in [-0.3, -0.25) is 4.79 Å². The zero-order valence-electron chi connectivity index (χ0n) is 18.8. The highest BCUT2D eigenvalue weighted by Gasteiger charge is 2.40. The maximum absolute atomic E-state index is 14.6. The van der Waals surface area contributed by atoms with Gasteiger partial charge in [-0.1, -0.05) is 16.7 Å². The van der Waals surface area contributed by atoms with Crippen LogP contribution in [0.4, 0.5) is 14.8 Å². The topological polar surface area (TPSA) is 98.5 Å². The second-order valence-corrected chi connectivity index (χ2v) is 8.41. The molecule has 8 nitrogen and oxygen atoms in total. The van der Waals surface area contributed by atoms with Gasteiger partial charge >= 0.3 is 6.01 Å². The Morgan fingerprint density at radius 1 is 1.00 bits per heavy atom. The molecule has 2 unspecified atom stereocenters. The van der Waals surface area contributed by atoms with Crippen LogP contribution in [0.25, 0.3) is 11.5 Å². The number of methoxy groups -OCH3 is 1. The number of carbonyl (C=O) groups is 1. The second-order valence-electron chi connectivity index (χ2n) is 7.97. The molecule has 2 N–H and O–H groups in total. The van der Waals surface area contributed by atoms with E-state index >= 15 is 0 Å². The smallest absolute Gasteiger partial charge is 0.316 e. The molecule has 3 aromatic carbocycles. The van der Waals surface area contributed by atoms with E-state index in [-0.39, 0.29) is 29.8 Å². The van der Waals surface area contributed by atoms with Crippen LogP contribution in [0.2, 0.25) is 5.02 Å². The first kappa shape index (κ1) is 23.6. The van der Waals surface area contributed by atoms with E-state index < -0.39 is 29.5 Å². The fourth-order valence-electron chi connectivity index (χ4n) is 3.92. The predicted molar refractivity (Wildman–Crippen MR) is 127 cm³/mol. The number of rotatable bonds is 7. The van der Waals surface area contributed by atoms with Crippen molar-refractivity contribution in [3.05, 3.63) is 82.9 Å². The van der Waals surface area contributed by atoms with Crippen molar-refractivity contribution in [3.8, 4) is 28.7 Å². The molecule has 2 heterocycles. The minimum atomic E-state index is -1.02. The highest BCUT2D eigenvalue weighted by molar-refractivity contribution is 6.30. The van der Waals surface area contributed by atoms with Crippen LogP contribution in [0.5, 0.6) is 17.2 Å². The monoisotopic (exact) mass is 512 g/mol. The summed E-state index contributed by atoms with van der Waals surface area (Å²) in [5.74, 6) is -1.46.